The molecular formula is C14H21N3OS. The van der Waals surface area contributed by atoms with Crippen LogP contribution < -0.4 is 10.6 Å². The third-order valence-corrected chi connectivity index (χ3v) is 3.91. The number of rotatable bonds is 3. The van der Waals surface area contributed by atoms with Gasteiger partial charge in [-0.15, -0.1) is 0 Å². The molecule has 1 aromatic rings. The fourth-order valence-electron chi connectivity index (χ4n) is 2.85. The molecule has 5 heteroatoms. The standard InChI is InChI=1S/C14H21N3OS/c1-9-7-12(13(14(15)19)10(2)16-9)17-6-4-3-5-11(17)8-18/h7,11,18H,3-6,8H2,1-2H3,(H2,15,19). The van der Waals surface area contributed by atoms with E-state index in [-0.39, 0.29) is 12.6 Å². The minimum Gasteiger partial charge on any atom is -0.394 e. The number of pyridine rings is 1. The SMILES string of the molecule is Cc1cc(N2CCCCC2CO)c(C(N)=S)c(C)n1. The zero-order chi connectivity index (χ0) is 14.0. The Bertz CT molecular complexity index is 490. The van der Waals surface area contributed by atoms with Gasteiger partial charge in [0.15, 0.2) is 0 Å². The van der Waals surface area contributed by atoms with Gasteiger partial charge in [-0.25, -0.2) is 0 Å². The number of thiocarbonyl (C=S) groups is 1. The van der Waals surface area contributed by atoms with Crippen LogP contribution in [0.4, 0.5) is 5.69 Å². The van der Waals surface area contributed by atoms with Crippen molar-refractivity contribution in [2.24, 2.45) is 5.73 Å². The topological polar surface area (TPSA) is 62.4 Å². The molecule has 4 nitrogen and oxygen atoms in total. The number of nitrogens with zero attached hydrogens (tertiary/aromatic N) is 2. The first-order valence-electron chi connectivity index (χ1n) is 6.70. The number of aryl methyl sites for hydroxylation is 2. The van der Waals surface area contributed by atoms with E-state index in [2.05, 4.69) is 9.88 Å². The van der Waals surface area contributed by atoms with E-state index in [0.29, 0.717) is 4.99 Å². The molecular weight excluding hydrogens is 258 g/mol. The minimum atomic E-state index is 0.156. The average Bonchev–Trinajstić information content (AvgIpc) is 2.37. The quantitative estimate of drug-likeness (QED) is 0.824. The Labute approximate surface area is 119 Å². The summed E-state index contributed by atoms with van der Waals surface area (Å²) in [5.41, 5.74) is 9.55. The van der Waals surface area contributed by atoms with Gasteiger partial charge in [0.1, 0.15) is 4.99 Å². The lowest BCUT2D eigenvalue weighted by Crippen LogP contribution is -2.43. The van der Waals surface area contributed by atoms with Crippen LogP contribution in [-0.4, -0.2) is 34.3 Å². The van der Waals surface area contributed by atoms with E-state index in [1.54, 1.807) is 0 Å². The average molecular weight is 279 g/mol. The maximum Gasteiger partial charge on any atom is 0.107 e. The highest BCUT2D eigenvalue weighted by atomic mass is 32.1. The first kappa shape index (κ1) is 14.2. The molecule has 1 aliphatic rings. The highest BCUT2D eigenvalue weighted by molar-refractivity contribution is 7.80. The van der Waals surface area contributed by atoms with Gasteiger partial charge in [0, 0.05) is 17.9 Å². The lowest BCUT2D eigenvalue weighted by atomic mass is 9.99. The minimum absolute atomic E-state index is 0.156. The number of piperidine rings is 1. The Morgan fingerprint density at radius 2 is 2.26 bits per heavy atom. The van der Waals surface area contributed by atoms with Crippen LogP contribution >= 0.6 is 12.2 Å². The van der Waals surface area contributed by atoms with Crippen LogP contribution in [0.15, 0.2) is 6.07 Å². The molecule has 1 aromatic heterocycles. The van der Waals surface area contributed by atoms with Crippen LogP contribution in [0, 0.1) is 13.8 Å². The molecule has 2 rings (SSSR count). The monoisotopic (exact) mass is 279 g/mol. The van der Waals surface area contributed by atoms with E-state index in [1.165, 1.54) is 0 Å². The number of aromatic nitrogens is 1. The molecule has 0 amide bonds. The number of aliphatic hydroxyl groups is 1. The molecule has 0 radical (unpaired) electrons. The Balaban J connectivity index is 2.50. The number of hydrogen-bond donors (Lipinski definition) is 2. The van der Waals surface area contributed by atoms with Gasteiger partial charge in [0.05, 0.1) is 23.9 Å². The van der Waals surface area contributed by atoms with Crippen LogP contribution in [-0.2, 0) is 0 Å². The van der Waals surface area contributed by atoms with Crippen molar-refractivity contribution in [2.45, 2.75) is 39.2 Å². The molecule has 19 heavy (non-hydrogen) atoms. The van der Waals surface area contributed by atoms with Crippen LogP contribution in [0.3, 0.4) is 0 Å². The summed E-state index contributed by atoms with van der Waals surface area (Å²) in [7, 11) is 0. The largest absolute Gasteiger partial charge is 0.394 e. The zero-order valence-electron chi connectivity index (χ0n) is 11.5. The Morgan fingerprint density at radius 1 is 1.53 bits per heavy atom. The summed E-state index contributed by atoms with van der Waals surface area (Å²) < 4.78 is 0. The van der Waals surface area contributed by atoms with E-state index in [4.69, 9.17) is 18.0 Å². The Kier molecular flexibility index (Phi) is 4.37. The van der Waals surface area contributed by atoms with Crippen molar-refractivity contribution in [1.29, 1.82) is 0 Å². The molecule has 0 aromatic carbocycles. The number of anilines is 1. The summed E-state index contributed by atoms with van der Waals surface area (Å²) in [6.07, 6.45) is 3.30. The summed E-state index contributed by atoms with van der Waals surface area (Å²) in [5, 5.41) is 9.57. The van der Waals surface area contributed by atoms with Crippen molar-refractivity contribution in [3.05, 3.63) is 23.0 Å². The summed E-state index contributed by atoms with van der Waals surface area (Å²) in [6, 6.07) is 2.18. The van der Waals surface area contributed by atoms with Crippen molar-refractivity contribution >= 4 is 22.9 Å². The van der Waals surface area contributed by atoms with Gasteiger partial charge < -0.3 is 15.7 Å². The third kappa shape index (κ3) is 2.87. The predicted octanol–water partition coefficient (Wildman–Crippen LogP) is 1.68. The van der Waals surface area contributed by atoms with Gasteiger partial charge in [0.25, 0.3) is 0 Å². The lowest BCUT2D eigenvalue weighted by molar-refractivity contribution is 0.240. The van der Waals surface area contributed by atoms with Gasteiger partial charge in [-0.3, -0.25) is 4.98 Å². The van der Waals surface area contributed by atoms with Crippen LogP contribution in [0.25, 0.3) is 0 Å². The second-order valence-corrected chi connectivity index (χ2v) is 5.57. The molecule has 0 bridgehead atoms. The van der Waals surface area contributed by atoms with E-state index in [0.717, 1.165) is 48.4 Å². The van der Waals surface area contributed by atoms with E-state index < -0.39 is 0 Å². The van der Waals surface area contributed by atoms with Crippen molar-refractivity contribution in [2.75, 3.05) is 18.1 Å². The summed E-state index contributed by atoms with van der Waals surface area (Å²) in [4.78, 5) is 7.06. The van der Waals surface area contributed by atoms with E-state index >= 15 is 0 Å². The second kappa shape index (κ2) is 5.84. The maximum absolute atomic E-state index is 9.57. The zero-order valence-corrected chi connectivity index (χ0v) is 12.3. The van der Waals surface area contributed by atoms with Crippen LogP contribution in [0.1, 0.15) is 36.2 Å². The molecule has 2 heterocycles. The first-order valence-corrected chi connectivity index (χ1v) is 7.11. The fourth-order valence-corrected chi connectivity index (χ4v) is 3.10. The fraction of sp³-hybridized carbons (Fsp3) is 0.571. The molecule has 0 saturated carbocycles. The Hall–Kier alpha value is -1.20. The predicted molar refractivity (Wildman–Crippen MR) is 81.7 cm³/mol. The molecule has 1 unspecified atom stereocenters. The van der Waals surface area contributed by atoms with Crippen LogP contribution in [0.2, 0.25) is 0 Å². The maximum atomic E-state index is 9.57. The lowest BCUT2D eigenvalue weighted by Gasteiger charge is -2.38. The number of hydrogen-bond acceptors (Lipinski definition) is 4. The summed E-state index contributed by atoms with van der Waals surface area (Å²) in [5.74, 6) is 0. The first-order chi connectivity index (χ1) is 9.04. The van der Waals surface area contributed by atoms with Gasteiger partial charge in [-0.05, 0) is 39.2 Å². The molecule has 1 saturated heterocycles. The van der Waals surface area contributed by atoms with Crippen LogP contribution in [0.5, 0.6) is 0 Å². The van der Waals surface area contributed by atoms with Crippen molar-refractivity contribution in [3.8, 4) is 0 Å². The molecule has 104 valence electrons. The molecule has 3 N–H and O–H groups in total. The number of nitrogens with two attached hydrogens (primary N) is 1. The molecule has 0 aliphatic carbocycles. The van der Waals surface area contributed by atoms with Gasteiger partial charge in [-0.1, -0.05) is 12.2 Å². The van der Waals surface area contributed by atoms with Crippen molar-refractivity contribution in [1.82, 2.24) is 4.98 Å². The molecule has 1 atom stereocenters. The van der Waals surface area contributed by atoms with Crippen molar-refractivity contribution < 1.29 is 5.11 Å². The normalized spacial score (nSPS) is 19.5. The number of aliphatic hydroxyl groups excluding tert-OH is 1. The molecule has 1 fully saturated rings. The smallest absolute Gasteiger partial charge is 0.107 e. The summed E-state index contributed by atoms with van der Waals surface area (Å²) >= 11 is 5.17. The highest BCUT2D eigenvalue weighted by Crippen LogP contribution is 2.29. The van der Waals surface area contributed by atoms with E-state index in [9.17, 15) is 5.11 Å². The molecule has 0 spiro atoms. The molecule has 1 aliphatic heterocycles. The van der Waals surface area contributed by atoms with E-state index in [1.807, 2.05) is 19.9 Å². The summed E-state index contributed by atoms with van der Waals surface area (Å²) in [6.45, 7) is 5.00. The van der Waals surface area contributed by atoms with Gasteiger partial charge >= 0.3 is 0 Å². The Morgan fingerprint density at radius 3 is 2.89 bits per heavy atom. The van der Waals surface area contributed by atoms with Gasteiger partial charge in [-0.2, -0.15) is 0 Å². The third-order valence-electron chi connectivity index (χ3n) is 3.70. The van der Waals surface area contributed by atoms with Gasteiger partial charge in [0.2, 0.25) is 0 Å². The second-order valence-electron chi connectivity index (χ2n) is 5.13. The highest BCUT2D eigenvalue weighted by Gasteiger charge is 2.25. The van der Waals surface area contributed by atoms with Crippen molar-refractivity contribution in [3.63, 3.8) is 0 Å².